The summed E-state index contributed by atoms with van der Waals surface area (Å²) < 4.78 is 1.73. The van der Waals surface area contributed by atoms with Gasteiger partial charge in [-0.05, 0) is 23.8 Å². The molecular weight excluding hydrogens is 316 g/mol. The van der Waals surface area contributed by atoms with E-state index in [4.69, 9.17) is 16.7 Å². The second-order valence-corrected chi connectivity index (χ2v) is 5.27. The Morgan fingerprint density at radius 2 is 2.09 bits per heavy atom. The molecule has 1 aromatic carbocycles. The number of nitrogens with one attached hydrogen (secondary N) is 1. The summed E-state index contributed by atoms with van der Waals surface area (Å²) in [4.78, 5) is 19.4. The molecular formula is C16H13ClN4O2. The summed E-state index contributed by atoms with van der Waals surface area (Å²) in [6, 6.07) is 9.08. The zero-order chi connectivity index (χ0) is 16.2. The van der Waals surface area contributed by atoms with Gasteiger partial charge in [0.25, 0.3) is 0 Å². The first kappa shape index (κ1) is 15.1. The molecule has 116 valence electrons. The number of aliphatic carboxylic acids is 1. The second-order valence-electron chi connectivity index (χ2n) is 4.86. The van der Waals surface area contributed by atoms with Gasteiger partial charge in [-0.3, -0.25) is 9.78 Å². The van der Waals surface area contributed by atoms with Crippen LogP contribution >= 0.6 is 11.6 Å². The van der Waals surface area contributed by atoms with Crippen molar-refractivity contribution < 1.29 is 9.90 Å². The number of anilines is 2. The van der Waals surface area contributed by atoms with Crippen molar-refractivity contribution in [3.8, 4) is 5.82 Å². The van der Waals surface area contributed by atoms with Gasteiger partial charge in [-0.15, -0.1) is 0 Å². The lowest BCUT2D eigenvalue weighted by molar-refractivity contribution is -0.136. The molecule has 0 amide bonds. The standard InChI is InChI=1S/C16H13ClN4O2/c17-12-3-1-2-4-13(12)19-14-8-18-9-15(20-14)21-6-5-11(10-21)7-16(22)23/h1-6,8-10H,7H2,(H,19,20)(H,22,23). The molecule has 23 heavy (non-hydrogen) atoms. The fourth-order valence-corrected chi connectivity index (χ4v) is 2.29. The summed E-state index contributed by atoms with van der Waals surface area (Å²) in [7, 11) is 0. The van der Waals surface area contributed by atoms with Crippen LogP contribution in [0, 0.1) is 0 Å². The molecule has 0 aliphatic heterocycles. The van der Waals surface area contributed by atoms with E-state index >= 15 is 0 Å². The molecule has 0 atom stereocenters. The van der Waals surface area contributed by atoms with E-state index in [1.54, 1.807) is 41.5 Å². The van der Waals surface area contributed by atoms with Gasteiger partial charge in [0.1, 0.15) is 0 Å². The topological polar surface area (TPSA) is 80.0 Å². The molecule has 0 aliphatic carbocycles. The highest BCUT2D eigenvalue weighted by molar-refractivity contribution is 6.33. The van der Waals surface area contributed by atoms with Gasteiger partial charge in [0.2, 0.25) is 0 Å². The number of carbonyl (C=O) groups is 1. The molecule has 6 nitrogen and oxygen atoms in total. The van der Waals surface area contributed by atoms with Crippen molar-refractivity contribution in [2.45, 2.75) is 6.42 Å². The van der Waals surface area contributed by atoms with Gasteiger partial charge in [-0.2, -0.15) is 0 Å². The predicted octanol–water partition coefficient (Wildman–Crippen LogP) is 3.29. The summed E-state index contributed by atoms with van der Waals surface area (Å²) in [5.41, 5.74) is 1.43. The first-order valence-electron chi connectivity index (χ1n) is 6.84. The average Bonchev–Trinajstić information content (AvgIpc) is 2.98. The van der Waals surface area contributed by atoms with E-state index in [2.05, 4.69) is 15.3 Å². The van der Waals surface area contributed by atoms with E-state index in [1.165, 1.54) is 0 Å². The highest BCUT2D eigenvalue weighted by Gasteiger charge is 2.06. The maximum absolute atomic E-state index is 10.7. The van der Waals surface area contributed by atoms with Crippen LogP contribution in [-0.4, -0.2) is 25.6 Å². The van der Waals surface area contributed by atoms with Gasteiger partial charge in [-0.25, -0.2) is 4.98 Å². The highest BCUT2D eigenvalue weighted by Crippen LogP contribution is 2.23. The highest BCUT2D eigenvalue weighted by atomic mass is 35.5. The summed E-state index contributed by atoms with van der Waals surface area (Å²) in [5.74, 6) is 0.255. The fraction of sp³-hybridized carbons (Fsp3) is 0.0625. The Balaban J connectivity index is 1.84. The zero-order valence-electron chi connectivity index (χ0n) is 12.0. The summed E-state index contributed by atoms with van der Waals surface area (Å²) >= 11 is 6.11. The summed E-state index contributed by atoms with van der Waals surface area (Å²) in [6.45, 7) is 0. The van der Waals surface area contributed by atoms with Crippen LogP contribution in [-0.2, 0) is 11.2 Å². The number of nitrogens with zero attached hydrogens (tertiary/aromatic N) is 3. The third-order valence-electron chi connectivity index (χ3n) is 3.13. The average molecular weight is 329 g/mol. The van der Waals surface area contributed by atoms with E-state index in [9.17, 15) is 4.79 Å². The van der Waals surface area contributed by atoms with Crippen LogP contribution in [0.3, 0.4) is 0 Å². The molecule has 3 rings (SSSR count). The largest absolute Gasteiger partial charge is 0.481 e. The number of hydrogen-bond donors (Lipinski definition) is 2. The van der Waals surface area contributed by atoms with Crippen LogP contribution in [0.1, 0.15) is 5.56 Å². The molecule has 0 spiro atoms. The lowest BCUT2D eigenvalue weighted by Crippen LogP contribution is -2.01. The van der Waals surface area contributed by atoms with Gasteiger partial charge in [0.05, 0.1) is 29.5 Å². The molecule has 0 radical (unpaired) electrons. The molecule has 2 N–H and O–H groups in total. The Bertz CT molecular complexity index is 847. The van der Waals surface area contributed by atoms with Gasteiger partial charge >= 0.3 is 5.97 Å². The van der Waals surface area contributed by atoms with Crippen LogP contribution in [0.25, 0.3) is 5.82 Å². The van der Waals surface area contributed by atoms with Crippen LogP contribution in [0.5, 0.6) is 0 Å². The van der Waals surface area contributed by atoms with Crippen molar-refractivity contribution in [2.75, 3.05) is 5.32 Å². The Morgan fingerprint density at radius 3 is 2.87 bits per heavy atom. The number of hydrogen-bond acceptors (Lipinski definition) is 4. The maximum Gasteiger partial charge on any atom is 0.307 e. The van der Waals surface area contributed by atoms with Crippen molar-refractivity contribution in [2.24, 2.45) is 0 Å². The van der Waals surface area contributed by atoms with Crippen LogP contribution in [0.2, 0.25) is 5.02 Å². The Kier molecular flexibility index (Phi) is 4.25. The van der Waals surface area contributed by atoms with Crippen molar-refractivity contribution in [1.29, 1.82) is 0 Å². The Morgan fingerprint density at radius 1 is 1.26 bits per heavy atom. The SMILES string of the molecule is O=C(O)Cc1ccn(-c2cncc(Nc3ccccc3Cl)n2)c1. The number of rotatable bonds is 5. The van der Waals surface area contributed by atoms with Crippen molar-refractivity contribution in [3.05, 3.63) is 65.7 Å². The quantitative estimate of drug-likeness (QED) is 0.751. The summed E-state index contributed by atoms with van der Waals surface area (Å²) in [6.07, 6.45) is 6.63. The van der Waals surface area contributed by atoms with Crippen LogP contribution in [0.15, 0.2) is 55.1 Å². The molecule has 2 heterocycles. The number of carboxylic acid groups (broad SMARTS) is 1. The minimum absolute atomic E-state index is 0.0298. The second kappa shape index (κ2) is 6.50. The fourth-order valence-electron chi connectivity index (χ4n) is 2.10. The van der Waals surface area contributed by atoms with E-state index in [-0.39, 0.29) is 6.42 Å². The third-order valence-corrected chi connectivity index (χ3v) is 3.46. The third kappa shape index (κ3) is 3.67. The first-order chi connectivity index (χ1) is 11.1. The minimum Gasteiger partial charge on any atom is -0.481 e. The number of aromatic nitrogens is 3. The van der Waals surface area contributed by atoms with Crippen LogP contribution in [0.4, 0.5) is 11.5 Å². The van der Waals surface area contributed by atoms with Gasteiger partial charge in [0, 0.05) is 12.4 Å². The molecule has 0 unspecified atom stereocenters. The molecule has 0 aliphatic rings. The predicted molar refractivity (Wildman–Crippen MR) is 87.4 cm³/mol. The van der Waals surface area contributed by atoms with Gasteiger partial charge < -0.3 is 15.0 Å². The number of carboxylic acids is 1. The van der Waals surface area contributed by atoms with Gasteiger partial charge in [-0.1, -0.05) is 23.7 Å². The Labute approximate surface area is 137 Å². The zero-order valence-corrected chi connectivity index (χ0v) is 12.7. The molecule has 0 fully saturated rings. The monoisotopic (exact) mass is 328 g/mol. The first-order valence-corrected chi connectivity index (χ1v) is 7.22. The molecule has 7 heteroatoms. The van der Waals surface area contributed by atoms with E-state index in [0.29, 0.717) is 22.2 Å². The normalized spacial score (nSPS) is 10.5. The van der Waals surface area contributed by atoms with Gasteiger partial charge in [0.15, 0.2) is 11.6 Å². The van der Waals surface area contributed by atoms with Crippen molar-refractivity contribution >= 4 is 29.1 Å². The number of benzene rings is 1. The number of para-hydroxylation sites is 1. The maximum atomic E-state index is 10.7. The minimum atomic E-state index is -0.872. The molecule has 0 bridgehead atoms. The van der Waals surface area contributed by atoms with Crippen molar-refractivity contribution in [3.63, 3.8) is 0 Å². The molecule has 2 aromatic heterocycles. The van der Waals surface area contributed by atoms with Crippen molar-refractivity contribution in [1.82, 2.24) is 14.5 Å². The molecule has 3 aromatic rings. The molecule has 0 saturated heterocycles. The van der Waals surface area contributed by atoms with E-state index in [0.717, 1.165) is 5.69 Å². The van der Waals surface area contributed by atoms with E-state index in [1.807, 2.05) is 18.2 Å². The smallest absolute Gasteiger partial charge is 0.307 e. The summed E-state index contributed by atoms with van der Waals surface area (Å²) in [5, 5.41) is 12.5. The Hall–Kier alpha value is -2.86. The number of halogens is 1. The molecule has 0 saturated carbocycles. The lowest BCUT2D eigenvalue weighted by Gasteiger charge is -2.08. The van der Waals surface area contributed by atoms with Crippen LogP contribution < -0.4 is 5.32 Å². The lowest BCUT2D eigenvalue weighted by atomic mass is 10.2. The van der Waals surface area contributed by atoms with E-state index < -0.39 is 5.97 Å².